The minimum Gasteiger partial charge on any atom is -0.491 e. The molecule has 102 valence electrons. The molecule has 19 heavy (non-hydrogen) atoms. The number of hydrogen-bond donors (Lipinski definition) is 0. The Morgan fingerprint density at radius 2 is 1.89 bits per heavy atom. The fourth-order valence-corrected chi connectivity index (χ4v) is 5.73. The van der Waals surface area contributed by atoms with Crippen molar-refractivity contribution < 1.29 is 4.74 Å². The van der Waals surface area contributed by atoms with Crippen molar-refractivity contribution in [2.75, 3.05) is 0 Å². The van der Waals surface area contributed by atoms with E-state index in [1.807, 2.05) is 26.0 Å². The van der Waals surface area contributed by atoms with Gasteiger partial charge in [-0.05, 0) is 75.0 Å². The van der Waals surface area contributed by atoms with Gasteiger partial charge in [-0.15, -0.1) is 11.3 Å². The summed E-state index contributed by atoms with van der Waals surface area (Å²) in [5, 5.41) is 0. The molecule has 0 saturated heterocycles. The van der Waals surface area contributed by atoms with E-state index >= 15 is 0 Å². The first-order chi connectivity index (χ1) is 8.97. The van der Waals surface area contributed by atoms with Gasteiger partial charge >= 0.3 is 0 Å². The van der Waals surface area contributed by atoms with E-state index in [0.29, 0.717) is 0 Å². The third-order valence-corrected chi connectivity index (χ3v) is 5.89. The van der Waals surface area contributed by atoms with Gasteiger partial charge in [0.25, 0.3) is 0 Å². The van der Waals surface area contributed by atoms with Crippen LogP contribution in [-0.2, 0) is 0 Å². The highest BCUT2D eigenvalue weighted by molar-refractivity contribution is 9.12. The summed E-state index contributed by atoms with van der Waals surface area (Å²) in [6.45, 7) is 4.07. The Morgan fingerprint density at radius 1 is 1.16 bits per heavy atom. The molecule has 2 rings (SSSR count). The van der Waals surface area contributed by atoms with Gasteiger partial charge in [-0.25, -0.2) is 0 Å². The summed E-state index contributed by atoms with van der Waals surface area (Å²) in [6.07, 6.45) is 0.186. The van der Waals surface area contributed by atoms with Crippen molar-refractivity contribution in [1.29, 1.82) is 0 Å². The summed E-state index contributed by atoms with van der Waals surface area (Å²) < 4.78 is 7.99. The molecule has 0 saturated carbocycles. The SMILES string of the molecule is CC(C)Oc1cccc(C(Br)c2cc(Br)sc2Br)c1. The lowest BCUT2D eigenvalue weighted by Crippen LogP contribution is -2.05. The molecule has 0 fully saturated rings. The zero-order chi connectivity index (χ0) is 14.0. The first-order valence-corrected chi connectivity index (χ1v) is 9.14. The highest BCUT2D eigenvalue weighted by atomic mass is 79.9. The second-order valence-corrected chi connectivity index (χ2v) is 9.05. The van der Waals surface area contributed by atoms with Gasteiger partial charge in [0.05, 0.1) is 18.5 Å². The third kappa shape index (κ3) is 4.06. The molecule has 5 heteroatoms. The molecule has 0 aliphatic heterocycles. The van der Waals surface area contributed by atoms with E-state index in [4.69, 9.17) is 4.74 Å². The van der Waals surface area contributed by atoms with E-state index in [1.165, 1.54) is 11.1 Å². The minimum absolute atomic E-state index is 0.153. The Bertz CT molecular complexity index is 566. The van der Waals surface area contributed by atoms with Crippen molar-refractivity contribution in [2.45, 2.75) is 24.8 Å². The molecule has 1 nitrogen and oxygen atoms in total. The molecular formula is C14H13Br3OS. The fourth-order valence-electron chi connectivity index (χ4n) is 1.72. The van der Waals surface area contributed by atoms with Crippen molar-refractivity contribution in [3.8, 4) is 5.75 Å². The second kappa shape index (κ2) is 6.74. The fraction of sp³-hybridized carbons (Fsp3) is 0.286. The van der Waals surface area contributed by atoms with E-state index in [2.05, 4.69) is 66.0 Å². The van der Waals surface area contributed by atoms with E-state index in [-0.39, 0.29) is 10.9 Å². The molecule has 0 radical (unpaired) electrons. The zero-order valence-corrected chi connectivity index (χ0v) is 16.1. The van der Waals surface area contributed by atoms with Crippen molar-refractivity contribution in [3.63, 3.8) is 0 Å². The van der Waals surface area contributed by atoms with Gasteiger partial charge in [0.15, 0.2) is 0 Å². The van der Waals surface area contributed by atoms with Crippen LogP contribution in [-0.4, -0.2) is 6.10 Å². The van der Waals surface area contributed by atoms with Crippen molar-refractivity contribution >= 4 is 59.1 Å². The quantitative estimate of drug-likeness (QED) is 0.462. The number of hydrogen-bond acceptors (Lipinski definition) is 2. The molecule has 0 spiro atoms. The zero-order valence-electron chi connectivity index (χ0n) is 10.5. The van der Waals surface area contributed by atoms with Gasteiger partial charge in [0, 0.05) is 0 Å². The monoisotopic (exact) mass is 466 g/mol. The standard InChI is InChI=1S/C14H13Br3OS/c1-8(2)18-10-5-3-4-9(6-10)13(16)11-7-12(15)19-14(11)17/h3-8,13H,1-2H3. The van der Waals surface area contributed by atoms with Crippen LogP contribution < -0.4 is 4.74 Å². The summed E-state index contributed by atoms with van der Waals surface area (Å²) in [6, 6.07) is 10.3. The summed E-state index contributed by atoms with van der Waals surface area (Å²) in [7, 11) is 0. The van der Waals surface area contributed by atoms with Crippen LogP contribution in [0.5, 0.6) is 5.75 Å². The Morgan fingerprint density at radius 3 is 2.47 bits per heavy atom. The molecule has 1 unspecified atom stereocenters. The molecule has 0 N–H and O–H groups in total. The molecule has 0 aliphatic carbocycles. The number of rotatable bonds is 4. The highest BCUT2D eigenvalue weighted by Gasteiger charge is 2.17. The van der Waals surface area contributed by atoms with Crippen LogP contribution in [0, 0.1) is 0 Å². The minimum atomic E-state index is 0.153. The molecule has 2 aromatic rings. The lowest BCUT2D eigenvalue weighted by molar-refractivity contribution is 0.242. The van der Waals surface area contributed by atoms with Crippen LogP contribution in [0.1, 0.15) is 29.8 Å². The lowest BCUT2D eigenvalue weighted by Gasteiger charge is -2.14. The number of halogens is 3. The number of alkyl halides is 1. The van der Waals surface area contributed by atoms with Crippen LogP contribution in [0.4, 0.5) is 0 Å². The largest absolute Gasteiger partial charge is 0.491 e. The molecule has 0 aliphatic rings. The maximum absolute atomic E-state index is 5.74. The average molecular weight is 469 g/mol. The van der Waals surface area contributed by atoms with Crippen molar-refractivity contribution in [2.24, 2.45) is 0 Å². The first kappa shape index (κ1) is 15.5. The Labute approximate surface area is 142 Å². The van der Waals surface area contributed by atoms with Gasteiger partial charge < -0.3 is 4.74 Å². The predicted octanol–water partition coefficient (Wildman–Crippen LogP) is 6.54. The maximum Gasteiger partial charge on any atom is 0.120 e. The van der Waals surface area contributed by atoms with Crippen LogP contribution >= 0.6 is 59.1 Å². The summed E-state index contributed by atoms with van der Waals surface area (Å²) in [4.78, 5) is 0.153. The van der Waals surface area contributed by atoms with E-state index < -0.39 is 0 Å². The average Bonchev–Trinajstić information content (AvgIpc) is 2.67. The van der Waals surface area contributed by atoms with Gasteiger partial charge in [-0.2, -0.15) is 0 Å². The molecule has 1 aromatic carbocycles. The van der Waals surface area contributed by atoms with Gasteiger partial charge in [0.2, 0.25) is 0 Å². The molecule has 1 heterocycles. The Kier molecular flexibility index (Phi) is 5.52. The Hall–Kier alpha value is 0.160. The normalized spacial score (nSPS) is 12.7. The smallest absolute Gasteiger partial charge is 0.120 e. The van der Waals surface area contributed by atoms with Gasteiger partial charge in [-0.1, -0.05) is 28.1 Å². The first-order valence-electron chi connectivity index (χ1n) is 5.83. The van der Waals surface area contributed by atoms with Gasteiger partial charge in [0.1, 0.15) is 5.75 Å². The lowest BCUT2D eigenvalue weighted by atomic mass is 10.1. The molecule has 1 aromatic heterocycles. The second-order valence-electron chi connectivity index (χ2n) is 4.38. The van der Waals surface area contributed by atoms with Crippen LogP contribution in [0.15, 0.2) is 37.9 Å². The van der Waals surface area contributed by atoms with Crippen LogP contribution in [0.2, 0.25) is 0 Å². The third-order valence-electron chi connectivity index (χ3n) is 2.48. The maximum atomic E-state index is 5.74. The van der Waals surface area contributed by atoms with Crippen LogP contribution in [0.3, 0.4) is 0 Å². The summed E-state index contributed by atoms with van der Waals surface area (Å²) in [5.41, 5.74) is 2.41. The molecule has 1 atom stereocenters. The van der Waals surface area contributed by atoms with E-state index in [0.717, 1.165) is 13.3 Å². The molecule has 0 bridgehead atoms. The van der Waals surface area contributed by atoms with Crippen LogP contribution in [0.25, 0.3) is 0 Å². The number of ether oxygens (including phenoxy) is 1. The molecular weight excluding hydrogens is 456 g/mol. The number of benzene rings is 1. The summed E-state index contributed by atoms with van der Waals surface area (Å²) in [5.74, 6) is 0.905. The number of thiophene rings is 1. The molecule has 0 amide bonds. The van der Waals surface area contributed by atoms with Crippen molar-refractivity contribution in [1.82, 2.24) is 0 Å². The Balaban J connectivity index is 2.28. The highest BCUT2D eigenvalue weighted by Crippen LogP contribution is 2.42. The topological polar surface area (TPSA) is 9.23 Å². The summed E-state index contributed by atoms with van der Waals surface area (Å²) >= 11 is 12.6. The van der Waals surface area contributed by atoms with E-state index in [9.17, 15) is 0 Å². The predicted molar refractivity (Wildman–Crippen MR) is 92.7 cm³/mol. The van der Waals surface area contributed by atoms with E-state index in [1.54, 1.807) is 11.3 Å². The van der Waals surface area contributed by atoms with Crippen molar-refractivity contribution in [3.05, 3.63) is 49.0 Å². The van der Waals surface area contributed by atoms with Gasteiger partial charge in [-0.3, -0.25) is 0 Å².